The summed E-state index contributed by atoms with van der Waals surface area (Å²) >= 11 is 1.41. The highest BCUT2D eigenvalue weighted by atomic mass is 32.1. The quantitative estimate of drug-likeness (QED) is 0.803. The minimum Gasteiger partial charge on any atom is -0.469 e. The predicted octanol–water partition coefficient (Wildman–Crippen LogP) is 2.95. The van der Waals surface area contributed by atoms with Crippen LogP contribution in [-0.2, 0) is 16.0 Å². The molecule has 21 heavy (non-hydrogen) atoms. The molecule has 1 fully saturated rings. The number of esters is 1. The summed E-state index contributed by atoms with van der Waals surface area (Å²) in [6.45, 7) is 2.53. The first kappa shape index (κ1) is 16.1. The molecule has 2 rings (SSSR count). The molecule has 8 heteroatoms. The van der Waals surface area contributed by atoms with Crippen molar-refractivity contribution in [3.8, 4) is 0 Å². The molecule has 1 aliphatic rings. The molecule has 118 valence electrons. The van der Waals surface area contributed by atoms with Gasteiger partial charge in [0.05, 0.1) is 25.1 Å². The molecule has 2 heterocycles. The van der Waals surface area contributed by atoms with Crippen LogP contribution in [0.4, 0.5) is 18.3 Å². The number of carbonyl (C=O) groups is 1. The second-order valence-electron chi connectivity index (χ2n) is 5.06. The summed E-state index contributed by atoms with van der Waals surface area (Å²) in [5, 5.41) is 0.687. The highest BCUT2D eigenvalue weighted by Gasteiger charge is 2.41. The lowest BCUT2D eigenvalue weighted by Gasteiger charge is -2.32. The van der Waals surface area contributed by atoms with Gasteiger partial charge in [-0.15, -0.1) is 11.3 Å². The minimum absolute atomic E-state index is 0.0917. The molecule has 0 bridgehead atoms. The Labute approximate surface area is 124 Å². The molecule has 1 saturated heterocycles. The Kier molecular flexibility index (Phi) is 4.75. The molecular weight excluding hydrogens is 305 g/mol. The highest BCUT2D eigenvalue weighted by Crippen LogP contribution is 2.36. The molecule has 0 spiro atoms. The maximum Gasteiger partial charge on any atom is 0.391 e. The van der Waals surface area contributed by atoms with Crippen LogP contribution in [0.3, 0.4) is 0 Å². The summed E-state index contributed by atoms with van der Waals surface area (Å²) in [6, 6.07) is 0. The van der Waals surface area contributed by atoms with Gasteiger partial charge in [0.25, 0.3) is 0 Å². The summed E-state index contributed by atoms with van der Waals surface area (Å²) in [6.07, 6.45) is -3.83. The predicted molar refractivity (Wildman–Crippen MR) is 73.6 cm³/mol. The van der Waals surface area contributed by atoms with Crippen molar-refractivity contribution in [3.63, 3.8) is 0 Å². The second kappa shape index (κ2) is 6.21. The normalized spacial score (nSPS) is 17.1. The lowest BCUT2D eigenvalue weighted by Crippen LogP contribution is -2.39. The first-order valence-corrected chi connectivity index (χ1v) is 7.47. The van der Waals surface area contributed by atoms with Crippen molar-refractivity contribution in [2.75, 3.05) is 25.1 Å². The number of carbonyl (C=O) groups excluding carboxylic acids is 1. The molecule has 0 unspecified atom stereocenters. The van der Waals surface area contributed by atoms with E-state index in [0.29, 0.717) is 23.9 Å². The molecule has 1 aromatic rings. The Bertz CT molecular complexity index is 508. The molecule has 0 atom stereocenters. The minimum atomic E-state index is -4.11. The largest absolute Gasteiger partial charge is 0.469 e. The molecule has 0 aliphatic carbocycles. The molecule has 0 N–H and O–H groups in total. The van der Waals surface area contributed by atoms with E-state index in [-0.39, 0.29) is 25.2 Å². The summed E-state index contributed by atoms with van der Waals surface area (Å²) in [7, 11) is 1.31. The number of ether oxygens (including phenoxy) is 1. The van der Waals surface area contributed by atoms with Crippen molar-refractivity contribution in [1.82, 2.24) is 4.98 Å². The number of aromatic nitrogens is 1. The Morgan fingerprint density at radius 1 is 1.43 bits per heavy atom. The van der Waals surface area contributed by atoms with E-state index in [9.17, 15) is 18.0 Å². The molecule has 0 aromatic carbocycles. The number of anilines is 1. The van der Waals surface area contributed by atoms with Crippen molar-refractivity contribution in [3.05, 3.63) is 10.6 Å². The van der Waals surface area contributed by atoms with Gasteiger partial charge in [0.15, 0.2) is 5.13 Å². The summed E-state index contributed by atoms with van der Waals surface area (Å²) in [5.41, 5.74) is 0.639. The second-order valence-corrected chi connectivity index (χ2v) is 6.24. The van der Waals surface area contributed by atoms with Gasteiger partial charge in [0.2, 0.25) is 0 Å². The number of alkyl halides is 3. The van der Waals surface area contributed by atoms with E-state index < -0.39 is 12.1 Å². The van der Waals surface area contributed by atoms with Gasteiger partial charge in [-0.3, -0.25) is 4.79 Å². The van der Waals surface area contributed by atoms with Crippen molar-refractivity contribution in [2.45, 2.75) is 32.4 Å². The number of methoxy groups -OCH3 is 1. The van der Waals surface area contributed by atoms with Crippen LogP contribution in [0.2, 0.25) is 0 Å². The average molecular weight is 322 g/mol. The van der Waals surface area contributed by atoms with Crippen LogP contribution in [-0.4, -0.2) is 37.3 Å². The number of thiazole rings is 1. The number of nitrogens with zero attached hydrogens (tertiary/aromatic N) is 2. The first-order valence-electron chi connectivity index (χ1n) is 6.66. The van der Waals surface area contributed by atoms with Gasteiger partial charge >= 0.3 is 12.1 Å². The summed E-state index contributed by atoms with van der Waals surface area (Å²) < 4.78 is 42.5. The van der Waals surface area contributed by atoms with E-state index in [1.165, 1.54) is 18.4 Å². The zero-order valence-electron chi connectivity index (χ0n) is 11.9. The lowest BCUT2D eigenvalue weighted by atomic mass is 9.97. The van der Waals surface area contributed by atoms with E-state index in [0.717, 1.165) is 4.88 Å². The van der Waals surface area contributed by atoms with Gasteiger partial charge in [-0.2, -0.15) is 13.2 Å². The van der Waals surface area contributed by atoms with Gasteiger partial charge in [0.1, 0.15) is 0 Å². The van der Waals surface area contributed by atoms with Crippen LogP contribution in [0.25, 0.3) is 0 Å². The Morgan fingerprint density at radius 3 is 2.57 bits per heavy atom. The van der Waals surface area contributed by atoms with Gasteiger partial charge in [-0.1, -0.05) is 0 Å². The van der Waals surface area contributed by atoms with E-state index in [1.54, 1.807) is 0 Å². The summed E-state index contributed by atoms with van der Waals surface area (Å²) in [4.78, 5) is 18.4. The van der Waals surface area contributed by atoms with Gasteiger partial charge in [-0.05, 0) is 19.8 Å². The summed E-state index contributed by atoms with van der Waals surface area (Å²) in [5.74, 6) is -1.59. The SMILES string of the molecule is COC(=O)Cc1nc(N2CCC(C(F)(F)F)CC2)sc1C. The van der Waals surface area contributed by atoms with Crippen LogP contribution < -0.4 is 4.90 Å². The van der Waals surface area contributed by atoms with Crippen molar-refractivity contribution < 1.29 is 22.7 Å². The molecule has 4 nitrogen and oxygen atoms in total. The smallest absolute Gasteiger partial charge is 0.391 e. The number of halogens is 3. The monoisotopic (exact) mass is 322 g/mol. The van der Waals surface area contributed by atoms with Crippen LogP contribution in [0.15, 0.2) is 0 Å². The lowest BCUT2D eigenvalue weighted by molar-refractivity contribution is -0.179. The van der Waals surface area contributed by atoms with Gasteiger partial charge in [-0.25, -0.2) is 4.98 Å². The molecular formula is C13H17F3N2O2S. The van der Waals surface area contributed by atoms with Crippen molar-refractivity contribution in [1.29, 1.82) is 0 Å². The first-order chi connectivity index (χ1) is 9.81. The Hall–Kier alpha value is -1.31. The molecule has 0 saturated carbocycles. The maximum atomic E-state index is 12.6. The average Bonchev–Trinajstić information content (AvgIpc) is 2.79. The number of aryl methyl sites for hydroxylation is 1. The molecule has 0 radical (unpaired) electrons. The zero-order valence-corrected chi connectivity index (χ0v) is 12.7. The van der Waals surface area contributed by atoms with E-state index >= 15 is 0 Å². The number of rotatable bonds is 3. The topological polar surface area (TPSA) is 42.4 Å². The molecule has 0 amide bonds. The van der Waals surface area contributed by atoms with Crippen LogP contribution in [0.5, 0.6) is 0 Å². The third-order valence-corrected chi connectivity index (χ3v) is 4.72. The number of hydrogen-bond donors (Lipinski definition) is 0. The maximum absolute atomic E-state index is 12.6. The molecule has 1 aliphatic heterocycles. The highest BCUT2D eigenvalue weighted by molar-refractivity contribution is 7.15. The van der Waals surface area contributed by atoms with Crippen LogP contribution >= 0.6 is 11.3 Å². The van der Waals surface area contributed by atoms with Crippen LogP contribution in [0.1, 0.15) is 23.4 Å². The zero-order chi connectivity index (χ0) is 15.6. The van der Waals surface area contributed by atoms with Crippen molar-refractivity contribution in [2.24, 2.45) is 5.92 Å². The van der Waals surface area contributed by atoms with Crippen molar-refractivity contribution >= 4 is 22.4 Å². The molecule has 1 aromatic heterocycles. The Morgan fingerprint density at radius 2 is 2.05 bits per heavy atom. The number of hydrogen-bond acceptors (Lipinski definition) is 5. The third kappa shape index (κ3) is 3.87. The fraction of sp³-hybridized carbons (Fsp3) is 0.692. The number of piperidine rings is 1. The fourth-order valence-corrected chi connectivity index (χ4v) is 3.30. The van der Waals surface area contributed by atoms with Gasteiger partial charge < -0.3 is 9.64 Å². The van der Waals surface area contributed by atoms with E-state index in [2.05, 4.69) is 9.72 Å². The van der Waals surface area contributed by atoms with Crippen LogP contribution in [0, 0.1) is 12.8 Å². The fourth-order valence-electron chi connectivity index (χ4n) is 2.32. The standard InChI is InChI=1S/C13H17F3N2O2S/c1-8-10(7-11(19)20-2)17-12(21-8)18-5-3-9(4-6-18)13(14,15)16/h9H,3-7H2,1-2H3. The van der Waals surface area contributed by atoms with E-state index in [4.69, 9.17) is 0 Å². The Balaban J connectivity index is 2.01. The van der Waals surface area contributed by atoms with E-state index in [1.807, 2.05) is 11.8 Å². The third-order valence-electron chi connectivity index (χ3n) is 3.65. The van der Waals surface area contributed by atoms with Gasteiger partial charge in [0, 0.05) is 18.0 Å².